The van der Waals surface area contributed by atoms with E-state index in [0.717, 1.165) is 5.56 Å². The molecular weight excluding hydrogens is 253 g/mol. The normalized spacial score (nSPS) is 10.4. The van der Waals surface area contributed by atoms with E-state index < -0.39 is 0 Å². The Balaban J connectivity index is 2.16. The molecule has 94 valence electrons. The van der Waals surface area contributed by atoms with Crippen molar-refractivity contribution in [1.29, 1.82) is 0 Å². The first kappa shape index (κ1) is 12.7. The van der Waals surface area contributed by atoms with Crippen molar-refractivity contribution in [2.24, 2.45) is 0 Å². The van der Waals surface area contributed by atoms with Crippen LogP contribution in [-0.4, -0.2) is 0 Å². The highest BCUT2D eigenvalue weighted by atomic mass is 35.5. The maximum atomic E-state index is 13.5. The van der Waals surface area contributed by atoms with E-state index in [1.807, 2.05) is 19.1 Å². The molecular formula is C14H13ClFNO. The van der Waals surface area contributed by atoms with Gasteiger partial charge in [-0.05, 0) is 42.8 Å². The number of halogens is 2. The maximum Gasteiger partial charge on any atom is 0.142 e. The van der Waals surface area contributed by atoms with Crippen LogP contribution in [-0.2, 0) is 6.61 Å². The monoisotopic (exact) mass is 265 g/mol. The van der Waals surface area contributed by atoms with Crippen LogP contribution in [0.2, 0.25) is 5.02 Å². The fraction of sp³-hybridized carbons (Fsp3) is 0.143. The molecule has 0 unspecified atom stereocenters. The molecule has 2 N–H and O–H groups in total. The van der Waals surface area contributed by atoms with Gasteiger partial charge < -0.3 is 10.5 Å². The standard InChI is InChI=1S/C14H13ClFNO/c1-9-2-5-13(17)14(6-9)18-8-10-7-11(15)3-4-12(10)16/h2-7H,8,17H2,1H3. The number of aryl methyl sites for hydroxylation is 1. The van der Waals surface area contributed by atoms with Crippen LogP contribution in [0.4, 0.5) is 10.1 Å². The second-order valence-electron chi connectivity index (χ2n) is 4.07. The Kier molecular flexibility index (Phi) is 3.72. The number of ether oxygens (including phenoxy) is 1. The lowest BCUT2D eigenvalue weighted by atomic mass is 10.2. The third kappa shape index (κ3) is 2.93. The van der Waals surface area contributed by atoms with Crippen LogP contribution >= 0.6 is 11.6 Å². The smallest absolute Gasteiger partial charge is 0.142 e. The summed E-state index contributed by atoms with van der Waals surface area (Å²) < 4.78 is 19.0. The first-order valence-electron chi connectivity index (χ1n) is 5.49. The summed E-state index contributed by atoms with van der Waals surface area (Å²) in [6, 6.07) is 9.84. The van der Waals surface area contributed by atoms with Crippen molar-refractivity contribution in [3.8, 4) is 5.75 Å². The number of nitrogen functional groups attached to an aromatic ring is 1. The summed E-state index contributed by atoms with van der Waals surface area (Å²) >= 11 is 5.81. The molecule has 0 aliphatic heterocycles. The van der Waals surface area contributed by atoms with E-state index in [-0.39, 0.29) is 12.4 Å². The lowest BCUT2D eigenvalue weighted by Gasteiger charge is -2.10. The summed E-state index contributed by atoms with van der Waals surface area (Å²) in [5.41, 5.74) is 7.75. The van der Waals surface area contributed by atoms with Crippen molar-refractivity contribution in [2.75, 3.05) is 5.73 Å². The number of nitrogens with two attached hydrogens (primary N) is 1. The average molecular weight is 266 g/mol. The molecule has 0 aliphatic rings. The molecule has 2 aromatic rings. The lowest BCUT2D eigenvalue weighted by Crippen LogP contribution is -2.01. The van der Waals surface area contributed by atoms with Crippen molar-refractivity contribution in [3.63, 3.8) is 0 Å². The van der Waals surface area contributed by atoms with Crippen LogP contribution < -0.4 is 10.5 Å². The number of rotatable bonds is 3. The first-order chi connectivity index (χ1) is 8.56. The Labute approximate surface area is 110 Å². The van der Waals surface area contributed by atoms with E-state index in [1.165, 1.54) is 12.1 Å². The van der Waals surface area contributed by atoms with E-state index >= 15 is 0 Å². The minimum Gasteiger partial charge on any atom is -0.487 e. The average Bonchev–Trinajstić information content (AvgIpc) is 2.34. The topological polar surface area (TPSA) is 35.2 Å². The van der Waals surface area contributed by atoms with E-state index in [9.17, 15) is 4.39 Å². The highest BCUT2D eigenvalue weighted by molar-refractivity contribution is 6.30. The summed E-state index contributed by atoms with van der Waals surface area (Å²) in [5.74, 6) is 0.208. The highest BCUT2D eigenvalue weighted by Crippen LogP contribution is 2.24. The van der Waals surface area contributed by atoms with Crippen molar-refractivity contribution in [3.05, 3.63) is 58.4 Å². The zero-order chi connectivity index (χ0) is 13.1. The molecule has 4 heteroatoms. The Morgan fingerprint density at radius 3 is 2.78 bits per heavy atom. The molecule has 2 rings (SSSR count). The Hall–Kier alpha value is -1.74. The minimum absolute atomic E-state index is 0.0973. The molecule has 0 heterocycles. The molecule has 2 aromatic carbocycles. The van der Waals surface area contributed by atoms with Crippen molar-refractivity contribution in [1.82, 2.24) is 0 Å². The third-order valence-corrected chi connectivity index (χ3v) is 2.80. The summed E-state index contributed by atoms with van der Waals surface area (Å²) in [6.45, 7) is 2.03. The number of benzene rings is 2. The third-order valence-electron chi connectivity index (χ3n) is 2.56. The van der Waals surface area contributed by atoms with E-state index in [4.69, 9.17) is 22.1 Å². The quantitative estimate of drug-likeness (QED) is 0.853. The summed E-state index contributed by atoms with van der Waals surface area (Å²) in [5, 5.41) is 0.479. The first-order valence-corrected chi connectivity index (χ1v) is 5.87. The zero-order valence-corrected chi connectivity index (χ0v) is 10.7. The Morgan fingerprint density at radius 1 is 1.22 bits per heavy atom. The summed E-state index contributed by atoms with van der Waals surface area (Å²) in [7, 11) is 0. The second kappa shape index (κ2) is 5.27. The summed E-state index contributed by atoms with van der Waals surface area (Å²) in [4.78, 5) is 0. The zero-order valence-electron chi connectivity index (χ0n) is 9.91. The van der Waals surface area contributed by atoms with Crippen LogP contribution in [0.25, 0.3) is 0 Å². The predicted molar refractivity (Wildman–Crippen MR) is 71.3 cm³/mol. The molecule has 18 heavy (non-hydrogen) atoms. The van der Waals surface area contributed by atoms with Crippen LogP contribution in [0.3, 0.4) is 0 Å². The van der Waals surface area contributed by atoms with Crippen LogP contribution in [0.5, 0.6) is 5.75 Å². The van der Waals surface area contributed by atoms with Gasteiger partial charge >= 0.3 is 0 Å². The maximum absolute atomic E-state index is 13.5. The van der Waals surface area contributed by atoms with E-state index in [0.29, 0.717) is 22.0 Å². The van der Waals surface area contributed by atoms with Gasteiger partial charge in [-0.1, -0.05) is 17.7 Å². The van der Waals surface area contributed by atoms with Gasteiger partial charge in [-0.15, -0.1) is 0 Å². The fourth-order valence-corrected chi connectivity index (χ4v) is 1.77. The Morgan fingerprint density at radius 2 is 2.00 bits per heavy atom. The highest BCUT2D eigenvalue weighted by Gasteiger charge is 2.06. The largest absolute Gasteiger partial charge is 0.487 e. The Bertz CT molecular complexity index is 520. The minimum atomic E-state index is -0.342. The van der Waals surface area contributed by atoms with E-state index in [2.05, 4.69) is 0 Å². The molecule has 0 bridgehead atoms. The van der Waals surface area contributed by atoms with Gasteiger partial charge in [0.1, 0.15) is 18.2 Å². The van der Waals surface area contributed by atoms with Gasteiger partial charge in [-0.25, -0.2) is 4.39 Å². The van der Waals surface area contributed by atoms with E-state index in [1.54, 1.807) is 12.1 Å². The lowest BCUT2D eigenvalue weighted by molar-refractivity contribution is 0.301. The van der Waals surface area contributed by atoms with Gasteiger partial charge in [0.05, 0.1) is 5.69 Å². The van der Waals surface area contributed by atoms with Gasteiger partial charge in [0.15, 0.2) is 0 Å². The van der Waals surface area contributed by atoms with Gasteiger partial charge in [-0.3, -0.25) is 0 Å². The molecule has 0 saturated carbocycles. The van der Waals surface area contributed by atoms with Crippen molar-refractivity contribution < 1.29 is 9.13 Å². The molecule has 0 atom stereocenters. The fourth-order valence-electron chi connectivity index (χ4n) is 1.58. The molecule has 0 fully saturated rings. The van der Waals surface area contributed by atoms with Gasteiger partial charge in [0, 0.05) is 10.6 Å². The van der Waals surface area contributed by atoms with Crippen molar-refractivity contribution in [2.45, 2.75) is 13.5 Å². The van der Waals surface area contributed by atoms with Crippen LogP contribution in [0.15, 0.2) is 36.4 Å². The molecule has 0 amide bonds. The van der Waals surface area contributed by atoms with Gasteiger partial charge in [0.2, 0.25) is 0 Å². The molecule has 0 spiro atoms. The number of hydrogen-bond donors (Lipinski definition) is 1. The number of hydrogen-bond acceptors (Lipinski definition) is 2. The molecule has 2 nitrogen and oxygen atoms in total. The van der Waals surface area contributed by atoms with Crippen LogP contribution in [0, 0.1) is 12.7 Å². The molecule has 0 aliphatic carbocycles. The van der Waals surface area contributed by atoms with Gasteiger partial charge in [0.25, 0.3) is 0 Å². The molecule has 0 saturated heterocycles. The van der Waals surface area contributed by atoms with Gasteiger partial charge in [-0.2, -0.15) is 0 Å². The van der Waals surface area contributed by atoms with Crippen LogP contribution in [0.1, 0.15) is 11.1 Å². The second-order valence-corrected chi connectivity index (χ2v) is 4.50. The number of anilines is 1. The molecule has 0 aromatic heterocycles. The summed E-state index contributed by atoms with van der Waals surface area (Å²) in [6.07, 6.45) is 0. The molecule has 0 radical (unpaired) electrons. The van der Waals surface area contributed by atoms with Crippen molar-refractivity contribution >= 4 is 17.3 Å². The predicted octanol–water partition coefficient (Wildman–Crippen LogP) is 3.95. The SMILES string of the molecule is Cc1ccc(N)c(OCc2cc(Cl)ccc2F)c1.